The first-order valence-corrected chi connectivity index (χ1v) is 8.79. The molecule has 0 fully saturated rings. The van der Waals surface area contributed by atoms with E-state index in [1.165, 1.54) is 0 Å². The molecule has 1 heterocycles. The lowest BCUT2D eigenvalue weighted by Crippen LogP contribution is -2.32. The highest BCUT2D eigenvalue weighted by Crippen LogP contribution is 2.25. The van der Waals surface area contributed by atoms with Crippen LogP contribution >= 0.6 is 11.6 Å². The quantitative estimate of drug-likeness (QED) is 0.699. The molecule has 0 saturated heterocycles. The standard InChI is InChI=1S/C20H20ClN3O2/c1-12(2)17(22-19(25)15-9-4-5-10-16(15)21)20-23-18(24-26-20)14-8-6-7-13(3)11-14/h4-12,17H,1-3H3,(H,22,25)/t17-/m0/s1. The number of carbonyl (C=O) groups is 1. The number of benzene rings is 2. The van der Waals surface area contributed by atoms with Gasteiger partial charge in [0.05, 0.1) is 10.6 Å². The van der Waals surface area contributed by atoms with Crippen LogP contribution in [0.2, 0.25) is 5.02 Å². The predicted octanol–water partition coefficient (Wildman–Crippen LogP) is 4.83. The molecule has 0 aliphatic carbocycles. The lowest BCUT2D eigenvalue weighted by Gasteiger charge is -2.18. The summed E-state index contributed by atoms with van der Waals surface area (Å²) in [5.41, 5.74) is 2.40. The highest BCUT2D eigenvalue weighted by Gasteiger charge is 2.26. The third kappa shape index (κ3) is 3.94. The molecule has 0 bridgehead atoms. The van der Waals surface area contributed by atoms with Crippen LogP contribution in [-0.4, -0.2) is 16.0 Å². The summed E-state index contributed by atoms with van der Waals surface area (Å²) in [6, 6.07) is 14.4. The number of carbonyl (C=O) groups excluding carboxylic acids is 1. The number of rotatable bonds is 5. The first kappa shape index (κ1) is 18.1. The number of hydrogen-bond acceptors (Lipinski definition) is 4. The number of aryl methyl sites for hydroxylation is 1. The van der Waals surface area contributed by atoms with Crippen molar-refractivity contribution in [2.45, 2.75) is 26.8 Å². The van der Waals surface area contributed by atoms with Gasteiger partial charge < -0.3 is 9.84 Å². The Morgan fingerprint density at radius 1 is 1.15 bits per heavy atom. The van der Waals surface area contributed by atoms with Crippen LogP contribution in [0.5, 0.6) is 0 Å². The van der Waals surface area contributed by atoms with Gasteiger partial charge in [0, 0.05) is 5.56 Å². The van der Waals surface area contributed by atoms with Gasteiger partial charge in [-0.2, -0.15) is 4.98 Å². The second-order valence-electron chi connectivity index (χ2n) is 6.50. The molecule has 0 aliphatic rings. The Bertz CT molecular complexity index is 921. The maximum atomic E-state index is 12.6. The van der Waals surface area contributed by atoms with Gasteiger partial charge in [0.25, 0.3) is 5.91 Å². The summed E-state index contributed by atoms with van der Waals surface area (Å²) in [5.74, 6) is 0.662. The molecule has 0 saturated carbocycles. The molecule has 2 aromatic carbocycles. The fourth-order valence-corrected chi connectivity index (χ4v) is 2.86. The minimum atomic E-state index is -0.412. The molecule has 0 aliphatic heterocycles. The molecule has 5 nitrogen and oxygen atoms in total. The van der Waals surface area contributed by atoms with Gasteiger partial charge in [-0.25, -0.2) is 0 Å². The monoisotopic (exact) mass is 369 g/mol. The number of nitrogens with zero attached hydrogens (tertiary/aromatic N) is 2. The lowest BCUT2D eigenvalue weighted by atomic mass is 10.0. The summed E-state index contributed by atoms with van der Waals surface area (Å²) in [5, 5.41) is 7.41. The van der Waals surface area contributed by atoms with E-state index in [1.54, 1.807) is 24.3 Å². The second kappa shape index (κ2) is 7.70. The molecule has 0 spiro atoms. The van der Waals surface area contributed by atoms with Gasteiger partial charge in [0.2, 0.25) is 11.7 Å². The molecule has 0 unspecified atom stereocenters. The van der Waals surface area contributed by atoms with Gasteiger partial charge >= 0.3 is 0 Å². The van der Waals surface area contributed by atoms with Gasteiger partial charge in [0.15, 0.2) is 0 Å². The van der Waals surface area contributed by atoms with Crippen molar-refractivity contribution >= 4 is 17.5 Å². The van der Waals surface area contributed by atoms with Crippen LogP contribution < -0.4 is 5.32 Å². The van der Waals surface area contributed by atoms with Gasteiger partial charge in [-0.1, -0.05) is 66.5 Å². The Morgan fingerprint density at radius 2 is 1.92 bits per heavy atom. The largest absolute Gasteiger partial charge is 0.340 e. The van der Waals surface area contributed by atoms with Crippen LogP contribution in [0.3, 0.4) is 0 Å². The molecule has 6 heteroatoms. The minimum absolute atomic E-state index is 0.0623. The summed E-state index contributed by atoms with van der Waals surface area (Å²) < 4.78 is 5.44. The molecule has 1 amide bonds. The fraction of sp³-hybridized carbons (Fsp3) is 0.250. The van der Waals surface area contributed by atoms with E-state index in [-0.39, 0.29) is 11.8 Å². The van der Waals surface area contributed by atoms with Crippen molar-refractivity contribution in [1.82, 2.24) is 15.5 Å². The van der Waals surface area contributed by atoms with E-state index in [1.807, 2.05) is 45.0 Å². The lowest BCUT2D eigenvalue weighted by molar-refractivity contribution is 0.0914. The summed E-state index contributed by atoms with van der Waals surface area (Å²) in [6.45, 7) is 5.97. The molecule has 1 aromatic heterocycles. The van der Waals surface area contributed by atoms with Crippen LogP contribution in [0.25, 0.3) is 11.4 Å². The second-order valence-corrected chi connectivity index (χ2v) is 6.91. The Kier molecular flexibility index (Phi) is 5.38. The van der Waals surface area contributed by atoms with Crippen LogP contribution in [0.4, 0.5) is 0 Å². The molecule has 1 N–H and O–H groups in total. The maximum Gasteiger partial charge on any atom is 0.253 e. The minimum Gasteiger partial charge on any atom is -0.340 e. The normalized spacial score (nSPS) is 12.2. The number of nitrogens with one attached hydrogen (secondary N) is 1. The summed E-state index contributed by atoms with van der Waals surface area (Å²) in [6.07, 6.45) is 0. The van der Waals surface area contributed by atoms with Gasteiger partial charge in [-0.15, -0.1) is 0 Å². The Labute approximate surface area is 157 Å². The maximum absolute atomic E-state index is 12.6. The smallest absolute Gasteiger partial charge is 0.253 e. The van der Waals surface area contributed by atoms with E-state index >= 15 is 0 Å². The Morgan fingerprint density at radius 3 is 2.62 bits per heavy atom. The average Bonchev–Trinajstić information content (AvgIpc) is 3.09. The zero-order chi connectivity index (χ0) is 18.7. The van der Waals surface area contributed by atoms with Crippen molar-refractivity contribution in [1.29, 1.82) is 0 Å². The van der Waals surface area contributed by atoms with Crippen molar-refractivity contribution in [3.63, 3.8) is 0 Å². The zero-order valence-electron chi connectivity index (χ0n) is 14.9. The zero-order valence-corrected chi connectivity index (χ0v) is 15.6. The number of aromatic nitrogens is 2. The third-order valence-electron chi connectivity index (χ3n) is 4.06. The third-order valence-corrected chi connectivity index (χ3v) is 4.39. The van der Waals surface area contributed by atoms with Crippen LogP contribution in [0, 0.1) is 12.8 Å². The number of amides is 1. The van der Waals surface area contributed by atoms with Crippen LogP contribution in [0.1, 0.15) is 41.7 Å². The molecular weight excluding hydrogens is 350 g/mol. The summed E-state index contributed by atoms with van der Waals surface area (Å²) >= 11 is 6.11. The van der Waals surface area contributed by atoms with Gasteiger partial charge in [0.1, 0.15) is 6.04 Å². The highest BCUT2D eigenvalue weighted by molar-refractivity contribution is 6.33. The molecule has 134 valence electrons. The van der Waals surface area contributed by atoms with Crippen LogP contribution in [-0.2, 0) is 0 Å². The SMILES string of the molecule is Cc1cccc(-c2noc([C@@H](NC(=O)c3ccccc3Cl)C(C)C)n2)c1. The molecule has 26 heavy (non-hydrogen) atoms. The number of hydrogen-bond donors (Lipinski definition) is 1. The van der Waals surface area contributed by atoms with Crippen molar-refractivity contribution in [2.75, 3.05) is 0 Å². The average molecular weight is 370 g/mol. The van der Waals surface area contributed by atoms with Crippen molar-refractivity contribution < 1.29 is 9.32 Å². The number of halogens is 1. The molecule has 1 atom stereocenters. The Balaban J connectivity index is 1.85. The van der Waals surface area contributed by atoms with E-state index in [4.69, 9.17) is 16.1 Å². The van der Waals surface area contributed by atoms with E-state index in [9.17, 15) is 4.79 Å². The van der Waals surface area contributed by atoms with E-state index < -0.39 is 6.04 Å². The molecule has 3 aromatic rings. The van der Waals surface area contributed by atoms with Gasteiger partial charge in [-0.05, 0) is 31.0 Å². The predicted molar refractivity (Wildman–Crippen MR) is 101 cm³/mol. The highest BCUT2D eigenvalue weighted by atomic mass is 35.5. The summed E-state index contributed by atoms with van der Waals surface area (Å²) in [7, 11) is 0. The Hall–Kier alpha value is -2.66. The van der Waals surface area contributed by atoms with E-state index in [2.05, 4.69) is 15.5 Å². The summed E-state index contributed by atoms with van der Waals surface area (Å²) in [4.78, 5) is 17.1. The van der Waals surface area contributed by atoms with Crippen molar-refractivity contribution in [2.24, 2.45) is 5.92 Å². The van der Waals surface area contributed by atoms with Gasteiger partial charge in [-0.3, -0.25) is 4.79 Å². The van der Waals surface area contributed by atoms with E-state index in [0.29, 0.717) is 22.3 Å². The fourth-order valence-electron chi connectivity index (χ4n) is 2.64. The topological polar surface area (TPSA) is 68.0 Å². The molecule has 3 rings (SSSR count). The molecular formula is C20H20ClN3O2. The van der Waals surface area contributed by atoms with Crippen molar-refractivity contribution in [3.8, 4) is 11.4 Å². The first-order chi connectivity index (χ1) is 12.5. The first-order valence-electron chi connectivity index (χ1n) is 8.41. The van der Waals surface area contributed by atoms with E-state index in [0.717, 1.165) is 11.1 Å². The van der Waals surface area contributed by atoms with Crippen molar-refractivity contribution in [3.05, 3.63) is 70.6 Å². The molecule has 0 radical (unpaired) electrons. The van der Waals surface area contributed by atoms with Crippen LogP contribution in [0.15, 0.2) is 53.1 Å².